The number of aryl methyl sites for hydroxylation is 1. The van der Waals surface area contributed by atoms with E-state index in [-0.39, 0.29) is 18.5 Å². The van der Waals surface area contributed by atoms with E-state index in [1.807, 2.05) is 40.7 Å². The van der Waals surface area contributed by atoms with Gasteiger partial charge in [-0.05, 0) is 83.7 Å². The highest BCUT2D eigenvalue weighted by Crippen LogP contribution is 2.34. The summed E-state index contributed by atoms with van der Waals surface area (Å²) in [6, 6.07) is 4.65. The first-order valence-electron chi connectivity index (χ1n) is 13.6. The molecule has 2 aliphatic rings. The second-order valence-electron chi connectivity index (χ2n) is 8.82. The van der Waals surface area contributed by atoms with Crippen LogP contribution in [0, 0.1) is 6.92 Å². The Labute approximate surface area is 218 Å². The lowest BCUT2D eigenvalue weighted by atomic mass is 10.0. The number of benzene rings is 1. The van der Waals surface area contributed by atoms with Crippen molar-refractivity contribution in [3.63, 3.8) is 0 Å². The molecule has 3 rings (SSSR count). The van der Waals surface area contributed by atoms with E-state index in [4.69, 9.17) is 0 Å². The minimum absolute atomic E-state index is 0.0721. The lowest BCUT2D eigenvalue weighted by Crippen LogP contribution is -2.45. The van der Waals surface area contributed by atoms with Crippen LogP contribution in [0.25, 0.3) is 0 Å². The summed E-state index contributed by atoms with van der Waals surface area (Å²) in [5, 5.41) is 0. The highest BCUT2D eigenvalue weighted by molar-refractivity contribution is 5.93. The molecule has 6 heteroatoms. The summed E-state index contributed by atoms with van der Waals surface area (Å²) in [7, 11) is 0. The number of likely N-dealkylation sites (tertiary alicyclic amines) is 1. The number of hydrogen-bond donors (Lipinski definition) is 0. The Morgan fingerprint density at radius 1 is 1.14 bits per heavy atom. The third-order valence-electron chi connectivity index (χ3n) is 6.36. The van der Waals surface area contributed by atoms with Crippen molar-refractivity contribution in [2.75, 3.05) is 13.1 Å². The maximum Gasteiger partial charge on any atom is 0.416 e. The second kappa shape index (κ2) is 17.4. The monoisotopic (exact) mass is 510 g/mol. The molecule has 1 saturated carbocycles. The van der Waals surface area contributed by atoms with E-state index in [0.29, 0.717) is 22.7 Å². The van der Waals surface area contributed by atoms with Crippen molar-refractivity contribution in [2.24, 2.45) is 0 Å². The van der Waals surface area contributed by atoms with E-state index >= 15 is 0 Å². The molecule has 1 aromatic carbocycles. The fraction of sp³-hybridized carbons (Fsp3) is 0.633. The zero-order valence-electron chi connectivity index (χ0n) is 23.8. The average Bonchev–Trinajstić information content (AvgIpc) is 3.31. The number of halogens is 3. The molecule has 2 unspecified atom stereocenters. The summed E-state index contributed by atoms with van der Waals surface area (Å²) in [5.74, 6) is -0.0770. The maximum atomic E-state index is 13.2. The molecule has 0 radical (unpaired) electrons. The van der Waals surface area contributed by atoms with Crippen molar-refractivity contribution in [1.29, 1.82) is 0 Å². The van der Waals surface area contributed by atoms with Crippen LogP contribution >= 0.6 is 0 Å². The molecule has 0 aromatic heterocycles. The first kappa shape index (κ1) is 33.9. The molecule has 0 spiro atoms. The largest absolute Gasteiger partial charge is 0.416 e. The summed E-state index contributed by atoms with van der Waals surface area (Å²) in [5.41, 5.74) is 1.08. The van der Waals surface area contributed by atoms with Crippen LogP contribution in [-0.2, 0) is 17.5 Å². The maximum absolute atomic E-state index is 13.2. The molecule has 0 bridgehead atoms. The van der Waals surface area contributed by atoms with E-state index in [0.717, 1.165) is 44.8 Å². The molecule has 1 saturated heterocycles. The van der Waals surface area contributed by atoms with Gasteiger partial charge in [-0.15, -0.1) is 6.58 Å². The van der Waals surface area contributed by atoms with Crippen LogP contribution in [0.15, 0.2) is 42.5 Å². The summed E-state index contributed by atoms with van der Waals surface area (Å²) in [4.78, 5) is 17.3. The lowest BCUT2D eigenvalue weighted by molar-refractivity contribution is -0.137. The van der Waals surface area contributed by atoms with Gasteiger partial charge >= 0.3 is 6.18 Å². The summed E-state index contributed by atoms with van der Waals surface area (Å²) < 4.78 is 39.7. The molecule has 1 amide bonds. The quantitative estimate of drug-likeness (QED) is 0.283. The standard InChI is InChI=1S/C22H29F3N2O.C4H8.2C2H6/c1-4-16(3)21(28)27(20-7-6-19(13-20)26-8-5-9-26)14-17-10-15(2)11-18(12-17)22(23,24)25;1-3-4-2;2*1-2/h4,10-12,19-20H,5-9,13-14H2,1-3H3;3H,1,4H2,2H3;2*1-2H3/b16-4+;;;. The Balaban J connectivity index is 0.00000137. The van der Waals surface area contributed by atoms with Gasteiger partial charge < -0.3 is 9.80 Å². The van der Waals surface area contributed by atoms with Crippen LogP contribution < -0.4 is 0 Å². The fourth-order valence-corrected chi connectivity index (χ4v) is 4.29. The molecule has 2 fully saturated rings. The molecule has 206 valence electrons. The number of nitrogens with zero attached hydrogens (tertiary/aromatic N) is 2. The molecule has 1 aromatic rings. The van der Waals surface area contributed by atoms with E-state index in [1.165, 1.54) is 12.5 Å². The fourth-order valence-electron chi connectivity index (χ4n) is 4.29. The number of carbonyl (C=O) groups is 1. The van der Waals surface area contributed by atoms with Crippen molar-refractivity contribution >= 4 is 5.91 Å². The van der Waals surface area contributed by atoms with Crippen molar-refractivity contribution in [1.82, 2.24) is 9.80 Å². The lowest BCUT2D eigenvalue weighted by Gasteiger charge is -2.37. The Bertz CT molecular complexity index is 813. The Kier molecular flexibility index (Phi) is 16.4. The van der Waals surface area contributed by atoms with Crippen LogP contribution in [0.4, 0.5) is 13.2 Å². The predicted octanol–water partition coefficient (Wildman–Crippen LogP) is 8.57. The molecular formula is C30H49F3N2O. The van der Waals surface area contributed by atoms with E-state index in [1.54, 1.807) is 30.9 Å². The topological polar surface area (TPSA) is 23.6 Å². The van der Waals surface area contributed by atoms with Gasteiger partial charge in [-0.2, -0.15) is 13.2 Å². The van der Waals surface area contributed by atoms with Gasteiger partial charge in [0.1, 0.15) is 0 Å². The summed E-state index contributed by atoms with van der Waals surface area (Å²) in [6.07, 6.45) is 4.43. The zero-order chi connectivity index (χ0) is 27.9. The molecule has 1 aliphatic heterocycles. The number of alkyl halides is 3. The molecule has 36 heavy (non-hydrogen) atoms. The minimum Gasteiger partial charge on any atom is -0.332 e. The van der Waals surface area contributed by atoms with Gasteiger partial charge in [-0.1, -0.05) is 58.4 Å². The third-order valence-corrected chi connectivity index (χ3v) is 6.36. The number of carbonyl (C=O) groups excluding carboxylic acids is 1. The summed E-state index contributed by atoms with van der Waals surface area (Å²) >= 11 is 0. The average molecular weight is 511 g/mol. The van der Waals surface area contributed by atoms with Gasteiger partial charge in [0.05, 0.1) is 5.56 Å². The molecule has 3 nitrogen and oxygen atoms in total. The van der Waals surface area contributed by atoms with E-state index in [2.05, 4.69) is 18.4 Å². The van der Waals surface area contributed by atoms with Gasteiger partial charge in [0, 0.05) is 24.2 Å². The highest BCUT2D eigenvalue weighted by Gasteiger charge is 2.37. The predicted molar refractivity (Wildman–Crippen MR) is 147 cm³/mol. The highest BCUT2D eigenvalue weighted by atomic mass is 19.4. The Hall–Kier alpha value is -2.08. The first-order valence-corrected chi connectivity index (χ1v) is 13.6. The number of allylic oxidation sites excluding steroid dienone is 2. The van der Waals surface area contributed by atoms with Crippen molar-refractivity contribution in [3.05, 3.63) is 59.2 Å². The minimum atomic E-state index is -4.38. The smallest absolute Gasteiger partial charge is 0.332 e. The summed E-state index contributed by atoms with van der Waals surface area (Å²) in [6.45, 7) is 21.2. The SMILES string of the molecule is C/C=C(\C)C(=O)N(Cc1cc(C)cc(C(F)(F)F)c1)C1CCC(N2CCC2)C1.C=CCC.CC.CC. The first-order chi connectivity index (χ1) is 17.1. The molecule has 1 heterocycles. The van der Waals surface area contributed by atoms with Crippen LogP contribution in [-0.4, -0.2) is 40.9 Å². The van der Waals surface area contributed by atoms with Crippen LogP contribution in [0.1, 0.15) is 97.3 Å². The van der Waals surface area contributed by atoms with Crippen molar-refractivity contribution < 1.29 is 18.0 Å². The van der Waals surface area contributed by atoms with Crippen LogP contribution in [0.5, 0.6) is 0 Å². The van der Waals surface area contributed by atoms with Crippen LogP contribution in [0.3, 0.4) is 0 Å². The molecule has 2 atom stereocenters. The number of rotatable bonds is 6. The second-order valence-corrected chi connectivity index (χ2v) is 8.82. The van der Waals surface area contributed by atoms with Gasteiger partial charge in [-0.3, -0.25) is 4.79 Å². The Morgan fingerprint density at radius 2 is 1.72 bits per heavy atom. The molecule has 0 N–H and O–H groups in total. The van der Waals surface area contributed by atoms with Crippen LogP contribution in [0.2, 0.25) is 0 Å². The molecule has 1 aliphatic carbocycles. The van der Waals surface area contributed by atoms with Crippen molar-refractivity contribution in [3.8, 4) is 0 Å². The number of hydrogen-bond acceptors (Lipinski definition) is 2. The van der Waals surface area contributed by atoms with E-state index in [9.17, 15) is 18.0 Å². The van der Waals surface area contributed by atoms with Gasteiger partial charge in [0.2, 0.25) is 5.91 Å². The van der Waals surface area contributed by atoms with Gasteiger partial charge in [-0.25, -0.2) is 0 Å². The zero-order valence-corrected chi connectivity index (χ0v) is 23.8. The number of amides is 1. The normalized spacial score (nSPS) is 19.4. The third kappa shape index (κ3) is 10.5. The van der Waals surface area contributed by atoms with Gasteiger partial charge in [0.25, 0.3) is 0 Å². The molecular weight excluding hydrogens is 461 g/mol. The van der Waals surface area contributed by atoms with Crippen molar-refractivity contribution in [2.45, 2.75) is 112 Å². The Morgan fingerprint density at radius 3 is 2.17 bits per heavy atom. The van der Waals surface area contributed by atoms with Gasteiger partial charge in [0.15, 0.2) is 0 Å². The van der Waals surface area contributed by atoms with E-state index < -0.39 is 11.7 Å².